The van der Waals surface area contributed by atoms with Gasteiger partial charge in [0.15, 0.2) is 6.10 Å². The van der Waals surface area contributed by atoms with Gasteiger partial charge in [-0.2, -0.15) is 0 Å². The molecule has 0 heterocycles. The van der Waals surface area contributed by atoms with Crippen molar-refractivity contribution in [2.24, 2.45) is 0 Å². The predicted octanol–water partition coefficient (Wildman–Crippen LogP) is 3.03. The van der Waals surface area contributed by atoms with E-state index in [1.165, 1.54) is 0 Å². The Kier molecular flexibility index (Phi) is 5.06. The molecule has 0 aliphatic carbocycles. The van der Waals surface area contributed by atoms with Crippen LogP contribution in [0.25, 0.3) is 0 Å². The van der Waals surface area contributed by atoms with Crippen LogP contribution in [0.1, 0.15) is 12.5 Å². The number of carbonyl (C=O) groups is 1. The van der Waals surface area contributed by atoms with E-state index in [0.29, 0.717) is 22.2 Å². The Balaban J connectivity index is 2.81. The average Bonchev–Trinajstić information content (AvgIpc) is 2.20. The SMILES string of the molecule is CCO[C@H](Cc1ccc(Cl)cc1Cl)C(=O)O. The smallest absolute Gasteiger partial charge is 0.333 e. The number of ether oxygens (including phenoxy) is 1. The van der Waals surface area contributed by atoms with E-state index in [4.69, 9.17) is 33.0 Å². The molecule has 16 heavy (non-hydrogen) atoms. The van der Waals surface area contributed by atoms with Gasteiger partial charge in [-0.3, -0.25) is 0 Å². The second-order valence-electron chi connectivity index (χ2n) is 3.22. The number of carboxylic acid groups (broad SMARTS) is 1. The van der Waals surface area contributed by atoms with Gasteiger partial charge >= 0.3 is 5.97 Å². The van der Waals surface area contributed by atoms with E-state index < -0.39 is 12.1 Å². The second-order valence-corrected chi connectivity index (χ2v) is 4.07. The molecule has 1 aromatic carbocycles. The molecule has 1 rings (SSSR count). The number of hydrogen-bond acceptors (Lipinski definition) is 2. The summed E-state index contributed by atoms with van der Waals surface area (Å²) in [5, 5.41) is 9.90. The van der Waals surface area contributed by atoms with Crippen LogP contribution >= 0.6 is 23.2 Å². The fraction of sp³-hybridized carbons (Fsp3) is 0.364. The first-order valence-corrected chi connectivity index (χ1v) is 5.58. The summed E-state index contributed by atoms with van der Waals surface area (Å²) in [6.45, 7) is 2.10. The van der Waals surface area contributed by atoms with Crippen LogP contribution in [0.3, 0.4) is 0 Å². The van der Waals surface area contributed by atoms with Crippen molar-refractivity contribution in [2.75, 3.05) is 6.61 Å². The van der Waals surface area contributed by atoms with Crippen molar-refractivity contribution >= 4 is 29.2 Å². The molecule has 0 radical (unpaired) electrons. The maximum Gasteiger partial charge on any atom is 0.333 e. The van der Waals surface area contributed by atoms with Crippen molar-refractivity contribution in [3.8, 4) is 0 Å². The Hall–Kier alpha value is -0.770. The van der Waals surface area contributed by atoms with Gasteiger partial charge in [0.1, 0.15) is 0 Å². The van der Waals surface area contributed by atoms with E-state index >= 15 is 0 Å². The molecule has 1 N–H and O–H groups in total. The van der Waals surface area contributed by atoms with Crippen molar-refractivity contribution in [3.63, 3.8) is 0 Å². The highest BCUT2D eigenvalue weighted by molar-refractivity contribution is 6.35. The Morgan fingerprint density at radius 3 is 2.69 bits per heavy atom. The third kappa shape index (κ3) is 3.67. The molecule has 0 saturated heterocycles. The molecule has 5 heteroatoms. The summed E-state index contributed by atoms with van der Waals surface area (Å²) in [4.78, 5) is 10.9. The number of benzene rings is 1. The maximum absolute atomic E-state index is 10.9. The highest BCUT2D eigenvalue weighted by Crippen LogP contribution is 2.22. The first-order chi connectivity index (χ1) is 7.54. The first-order valence-electron chi connectivity index (χ1n) is 4.83. The van der Waals surface area contributed by atoms with Crippen LogP contribution < -0.4 is 0 Å². The van der Waals surface area contributed by atoms with Crippen molar-refractivity contribution < 1.29 is 14.6 Å². The van der Waals surface area contributed by atoms with Crippen molar-refractivity contribution in [2.45, 2.75) is 19.4 Å². The van der Waals surface area contributed by atoms with Crippen molar-refractivity contribution in [1.82, 2.24) is 0 Å². The summed E-state index contributed by atoms with van der Waals surface area (Å²) in [7, 11) is 0. The molecule has 3 nitrogen and oxygen atoms in total. The van der Waals surface area contributed by atoms with Crippen LogP contribution in [0.4, 0.5) is 0 Å². The lowest BCUT2D eigenvalue weighted by molar-refractivity contribution is -0.149. The molecule has 0 amide bonds. The summed E-state index contributed by atoms with van der Waals surface area (Å²) < 4.78 is 5.10. The molecule has 0 saturated carbocycles. The lowest BCUT2D eigenvalue weighted by Crippen LogP contribution is -2.26. The van der Waals surface area contributed by atoms with Crippen LogP contribution in [-0.2, 0) is 16.0 Å². The molecule has 0 aliphatic heterocycles. The van der Waals surface area contributed by atoms with Gasteiger partial charge in [-0.1, -0.05) is 29.3 Å². The first kappa shape index (κ1) is 13.3. The summed E-state index contributed by atoms with van der Waals surface area (Å²) in [6.07, 6.45) is -0.636. The molecular formula is C11H12Cl2O3. The third-order valence-electron chi connectivity index (χ3n) is 2.06. The zero-order valence-corrected chi connectivity index (χ0v) is 10.3. The summed E-state index contributed by atoms with van der Waals surface area (Å²) in [6, 6.07) is 4.97. The summed E-state index contributed by atoms with van der Waals surface area (Å²) in [5.74, 6) is -0.993. The molecule has 88 valence electrons. The Bertz CT molecular complexity index is 379. The van der Waals surface area contributed by atoms with E-state index in [2.05, 4.69) is 0 Å². The van der Waals surface area contributed by atoms with Gasteiger partial charge in [0.05, 0.1) is 0 Å². The molecule has 0 unspecified atom stereocenters. The number of hydrogen-bond donors (Lipinski definition) is 1. The van der Waals surface area contributed by atoms with Gasteiger partial charge in [-0.05, 0) is 24.6 Å². The number of carboxylic acids is 1. The maximum atomic E-state index is 10.9. The molecule has 0 aromatic heterocycles. The van der Waals surface area contributed by atoms with Crippen molar-refractivity contribution in [1.29, 1.82) is 0 Å². The standard InChI is InChI=1S/C11H12Cl2O3/c1-2-16-10(11(14)15)5-7-3-4-8(12)6-9(7)13/h3-4,6,10H,2,5H2,1H3,(H,14,15)/t10-/m1/s1. The van der Waals surface area contributed by atoms with Crippen LogP contribution in [0, 0.1) is 0 Å². The number of halogens is 2. The lowest BCUT2D eigenvalue weighted by atomic mass is 10.1. The van der Waals surface area contributed by atoms with E-state index in [1.54, 1.807) is 25.1 Å². The van der Waals surface area contributed by atoms with Crippen LogP contribution in [0.2, 0.25) is 10.0 Å². The molecule has 1 aromatic rings. The third-order valence-corrected chi connectivity index (χ3v) is 2.65. The predicted molar refractivity (Wildman–Crippen MR) is 63.2 cm³/mol. The zero-order chi connectivity index (χ0) is 12.1. The highest BCUT2D eigenvalue weighted by Gasteiger charge is 2.19. The van der Waals surface area contributed by atoms with E-state index in [1.807, 2.05) is 0 Å². The Morgan fingerprint density at radius 1 is 1.50 bits per heavy atom. The minimum Gasteiger partial charge on any atom is -0.479 e. The summed E-state index contributed by atoms with van der Waals surface area (Å²) >= 11 is 11.7. The van der Waals surface area contributed by atoms with Gasteiger partial charge < -0.3 is 9.84 Å². The van der Waals surface area contributed by atoms with Gasteiger partial charge in [0.25, 0.3) is 0 Å². The van der Waals surface area contributed by atoms with Gasteiger partial charge in [-0.25, -0.2) is 4.79 Å². The Labute approximate surface area is 104 Å². The van der Waals surface area contributed by atoms with Crippen molar-refractivity contribution in [3.05, 3.63) is 33.8 Å². The minimum absolute atomic E-state index is 0.235. The second kappa shape index (κ2) is 6.09. The topological polar surface area (TPSA) is 46.5 Å². The zero-order valence-electron chi connectivity index (χ0n) is 8.74. The fourth-order valence-corrected chi connectivity index (χ4v) is 1.79. The minimum atomic E-state index is -0.993. The molecule has 0 fully saturated rings. The average molecular weight is 263 g/mol. The molecular weight excluding hydrogens is 251 g/mol. The number of aliphatic carboxylic acids is 1. The quantitative estimate of drug-likeness (QED) is 0.888. The molecule has 1 atom stereocenters. The number of rotatable bonds is 5. The van der Waals surface area contributed by atoms with E-state index in [0.717, 1.165) is 0 Å². The lowest BCUT2D eigenvalue weighted by Gasteiger charge is -2.13. The van der Waals surface area contributed by atoms with E-state index in [9.17, 15) is 4.79 Å². The normalized spacial score (nSPS) is 12.4. The molecule has 0 bridgehead atoms. The van der Waals surface area contributed by atoms with Crippen LogP contribution in [0.15, 0.2) is 18.2 Å². The monoisotopic (exact) mass is 262 g/mol. The highest BCUT2D eigenvalue weighted by atomic mass is 35.5. The molecule has 0 aliphatic rings. The fourth-order valence-electron chi connectivity index (χ4n) is 1.31. The largest absolute Gasteiger partial charge is 0.479 e. The van der Waals surface area contributed by atoms with E-state index in [-0.39, 0.29) is 6.42 Å². The van der Waals surface area contributed by atoms with Crippen LogP contribution in [0.5, 0.6) is 0 Å². The van der Waals surface area contributed by atoms with Gasteiger partial charge in [-0.15, -0.1) is 0 Å². The van der Waals surface area contributed by atoms with Gasteiger partial charge in [0, 0.05) is 23.1 Å². The Morgan fingerprint density at radius 2 is 2.19 bits per heavy atom. The van der Waals surface area contributed by atoms with Crippen LogP contribution in [-0.4, -0.2) is 23.8 Å². The van der Waals surface area contributed by atoms with Gasteiger partial charge in [0.2, 0.25) is 0 Å². The molecule has 0 spiro atoms. The summed E-state index contributed by atoms with van der Waals surface area (Å²) in [5.41, 5.74) is 0.715.